The predicted octanol–water partition coefficient (Wildman–Crippen LogP) is 4.71. The number of carbonyl (C=O) groups is 1. The van der Waals surface area contributed by atoms with Crippen LogP contribution in [0.5, 0.6) is 5.75 Å². The summed E-state index contributed by atoms with van der Waals surface area (Å²) in [6.45, 7) is 6.16. The van der Waals surface area contributed by atoms with Gasteiger partial charge in [-0.15, -0.1) is 11.3 Å². The first-order valence-electron chi connectivity index (χ1n) is 12.2. The van der Waals surface area contributed by atoms with E-state index in [1.807, 2.05) is 24.3 Å². The molecular weight excluding hydrogens is 456 g/mol. The first-order chi connectivity index (χ1) is 17.2. The fourth-order valence-corrected chi connectivity index (χ4v) is 5.51. The zero-order valence-corrected chi connectivity index (χ0v) is 21.0. The van der Waals surface area contributed by atoms with Crippen LogP contribution in [0.1, 0.15) is 6.42 Å². The Morgan fingerprint density at radius 3 is 2.54 bits per heavy atom. The van der Waals surface area contributed by atoms with Gasteiger partial charge in [-0.25, -0.2) is 0 Å². The van der Waals surface area contributed by atoms with Crippen LogP contribution in [0.4, 0.5) is 5.69 Å². The molecule has 0 spiro atoms. The van der Waals surface area contributed by atoms with E-state index in [9.17, 15) is 4.79 Å². The molecule has 1 saturated heterocycles. The van der Waals surface area contributed by atoms with Crippen molar-refractivity contribution in [3.05, 3.63) is 72.1 Å². The van der Waals surface area contributed by atoms with Crippen molar-refractivity contribution >= 4 is 33.8 Å². The number of nitrogens with zero attached hydrogens (tertiary/aromatic N) is 3. The summed E-state index contributed by atoms with van der Waals surface area (Å²) in [4.78, 5) is 18.9. The number of carbonyl (C=O) groups excluding carboxylic acids is 1. The average Bonchev–Trinajstić information content (AvgIpc) is 3.56. The molecule has 0 aliphatic carbocycles. The number of amides is 1. The topological polar surface area (TPSA) is 49.7 Å². The molecule has 3 heterocycles. The number of methoxy groups -OCH3 is 1. The number of benzene rings is 2. The molecular formula is C28H32N4O2S. The number of hydrogen-bond acceptors (Lipinski definition) is 5. The number of nitrogens with one attached hydrogen (secondary N) is 1. The van der Waals surface area contributed by atoms with Crippen LogP contribution in [0.25, 0.3) is 21.5 Å². The highest BCUT2D eigenvalue weighted by Crippen LogP contribution is 2.31. The normalized spacial score (nSPS) is 14.4. The minimum absolute atomic E-state index is 0.0634. The number of fused-ring (bicyclic) bond motifs is 1. The van der Waals surface area contributed by atoms with Crippen LogP contribution >= 0.6 is 11.3 Å². The second-order valence-electron chi connectivity index (χ2n) is 8.88. The van der Waals surface area contributed by atoms with Crippen LogP contribution in [0, 0.1) is 0 Å². The maximum Gasteiger partial charge on any atom is 0.239 e. The van der Waals surface area contributed by atoms with Gasteiger partial charge in [-0.3, -0.25) is 9.69 Å². The first kappa shape index (κ1) is 23.5. The Hall–Kier alpha value is -3.29. The van der Waals surface area contributed by atoms with Gasteiger partial charge >= 0.3 is 0 Å². The van der Waals surface area contributed by atoms with Gasteiger partial charge in [0.15, 0.2) is 0 Å². The SMILES string of the molecule is COc1ccc(N2CCN(CCCNC(=O)Cn3c(-c4cccs4)cc4ccccc43)CC2)cc1. The molecule has 1 amide bonds. The molecule has 1 N–H and O–H groups in total. The lowest BCUT2D eigenvalue weighted by atomic mass is 10.2. The minimum Gasteiger partial charge on any atom is -0.497 e. The summed E-state index contributed by atoms with van der Waals surface area (Å²) in [5, 5.41) is 6.38. The Morgan fingerprint density at radius 2 is 1.80 bits per heavy atom. The summed E-state index contributed by atoms with van der Waals surface area (Å²) in [6, 6.07) is 22.9. The molecule has 4 aromatic rings. The third-order valence-electron chi connectivity index (χ3n) is 6.67. The molecule has 7 heteroatoms. The molecule has 35 heavy (non-hydrogen) atoms. The van der Waals surface area contributed by atoms with Crippen molar-refractivity contribution in [1.82, 2.24) is 14.8 Å². The average molecular weight is 489 g/mol. The minimum atomic E-state index is 0.0634. The lowest BCUT2D eigenvalue weighted by molar-refractivity contribution is -0.121. The number of para-hydroxylation sites is 1. The highest BCUT2D eigenvalue weighted by molar-refractivity contribution is 7.13. The highest BCUT2D eigenvalue weighted by Gasteiger charge is 2.17. The van der Waals surface area contributed by atoms with E-state index in [2.05, 4.69) is 67.5 Å². The molecule has 182 valence electrons. The summed E-state index contributed by atoms with van der Waals surface area (Å²) in [7, 11) is 1.70. The number of aromatic nitrogens is 1. The van der Waals surface area contributed by atoms with Gasteiger partial charge in [0, 0.05) is 49.3 Å². The van der Waals surface area contributed by atoms with Gasteiger partial charge in [-0.1, -0.05) is 24.3 Å². The van der Waals surface area contributed by atoms with Gasteiger partial charge in [-0.2, -0.15) is 0 Å². The van der Waals surface area contributed by atoms with E-state index >= 15 is 0 Å². The summed E-state index contributed by atoms with van der Waals surface area (Å²) >= 11 is 1.70. The lowest BCUT2D eigenvalue weighted by Crippen LogP contribution is -2.47. The summed E-state index contributed by atoms with van der Waals surface area (Å²) in [6.07, 6.45) is 0.957. The summed E-state index contributed by atoms with van der Waals surface area (Å²) < 4.78 is 7.39. The van der Waals surface area contributed by atoms with E-state index < -0.39 is 0 Å². The third kappa shape index (κ3) is 5.52. The largest absolute Gasteiger partial charge is 0.497 e. The van der Waals surface area contributed by atoms with Crippen molar-refractivity contribution in [3.63, 3.8) is 0 Å². The molecule has 0 bridgehead atoms. The van der Waals surface area contributed by atoms with E-state index in [4.69, 9.17) is 4.74 Å². The van der Waals surface area contributed by atoms with Crippen LogP contribution in [-0.4, -0.2) is 61.8 Å². The van der Waals surface area contributed by atoms with Crippen molar-refractivity contribution in [2.45, 2.75) is 13.0 Å². The quantitative estimate of drug-likeness (QED) is 0.347. The third-order valence-corrected chi connectivity index (χ3v) is 7.56. The number of rotatable bonds is 9. The van der Waals surface area contributed by atoms with Crippen LogP contribution < -0.4 is 15.0 Å². The highest BCUT2D eigenvalue weighted by atomic mass is 32.1. The zero-order chi connectivity index (χ0) is 24.0. The van der Waals surface area contributed by atoms with Gasteiger partial charge in [0.1, 0.15) is 12.3 Å². The van der Waals surface area contributed by atoms with Gasteiger partial charge in [0.05, 0.1) is 17.7 Å². The van der Waals surface area contributed by atoms with Crippen molar-refractivity contribution < 1.29 is 9.53 Å². The number of hydrogen-bond donors (Lipinski definition) is 1. The molecule has 5 rings (SSSR count). The fourth-order valence-electron chi connectivity index (χ4n) is 4.76. The maximum absolute atomic E-state index is 12.8. The van der Waals surface area contributed by atoms with Crippen LogP contribution in [0.2, 0.25) is 0 Å². The van der Waals surface area contributed by atoms with E-state index in [1.54, 1.807) is 18.4 Å². The van der Waals surface area contributed by atoms with E-state index in [0.717, 1.165) is 61.5 Å². The maximum atomic E-state index is 12.8. The smallest absolute Gasteiger partial charge is 0.239 e. The predicted molar refractivity (Wildman–Crippen MR) is 145 cm³/mol. The summed E-state index contributed by atoms with van der Waals surface area (Å²) in [5.41, 5.74) is 3.45. The molecule has 1 aliphatic heterocycles. The zero-order valence-electron chi connectivity index (χ0n) is 20.2. The van der Waals surface area contributed by atoms with Gasteiger partial charge < -0.3 is 19.5 Å². The lowest BCUT2D eigenvalue weighted by Gasteiger charge is -2.36. The van der Waals surface area contributed by atoms with Crippen molar-refractivity contribution in [2.24, 2.45) is 0 Å². The molecule has 1 fully saturated rings. The summed E-state index contributed by atoms with van der Waals surface area (Å²) in [5.74, 6) is 0.954. The number of thiophene rings is 1. The molecule has 0 atom stereocenters. The molecule has 6 nitrogen and oxygen atoms in total. The van der Waals surface area contributed by atoms with E-state index in [-0.39, 0.29) is 5.91 Å². The van der Waals surface area contributed by atoms with Crippen molar-refractivity contribution in [1.29, 1.82) is 0 Å². The van der Waals surface area contributed by atoms with Gasteiger partial charge in [-0.05, 0) is 60.8 Å². The Bertz CT molecular complexity index is 1240. The van der Waals surface area contributed by atoms with Crippen molar-refractivity contribution in [2.75, 3.05) is 51.3 Å². The fraction of sp³-hybridized carbons (Fsp3) is 0.321. The van der Waals surface area contributed by atoms with E-state index in [0.29, 0.717) is 13.1 Å². The molecule has 0 saturated carbocycles. The second kappa shape index (κ2) is 11.0. The van der Waals surface area contributed by atoms with Crippen LogP contribution in [0.3, 0.4) is 0 Å². The molecule has 2 aromatic heterocycles. The molecule has 0 radical (unpaired) electrons. The van der Waals surface area contributed by atoms with E-state index in [1.165, 1.54) is 10.6 Å². The Kier molecular flexibility index (Phi) is 7.35. The van der Waals surface area contributed by atoms with Gasteiger partial charge in [0.25, 0.3) is 0 Å². The van der Waals surface area contributed by atoms with Crippen molar-refractivity contribution in [3.8, 4) is 16.3 Å². The molecule has 0 unspecified atom stereocenters. The van der Waals surface area contributed by atoms with Gasteiger partial charge in [0.2, 0.25) is 5.91 Å². The standard InChI is InChI=1S/C28H32N4O2S/c1-34-24-11-9-23(10-12-24)31-17-15-30(16-18-31)14-5-13-29-28(33)21-32-25-7-3-2-6-22(25)20-26(32)27-8-4-19-35-27/h2-4,6-12,19-20H,5,13-18,21H2,1H3,(H,29,33). The van der Waals surface area contributed by atoms with Crippen LogP contribution in [0.15, 0.2) is 72.1 Å². The first-order valence-corrected chi connectivity index (χ1v) is 13.1. The van der Waals surface area contributed by atoms with Crippen LogP contribution in [-0.2, 0) is 11.3 Å². The Balaban J connectivity index is 1.08. The second-order valence-corrected chi connectivity index (χ2v) is 9.83. The monoisotopic (exact) mass is 488 g/mol. The molecule has 2 aromatic carbocycles. The Morgan fingerprint density at radius 1 is 1.00 bits per heavy atom. The number of ether oxygens (including phenoxy) is 1. The number of piperazine rings is 1. The number of anilines is 1. The molecule has 1 aliphatic rings. The Labute approximate surface area is 210 Å².